The number of hydrogen-bond acceptors (Lipinski definition) is 5. The highest BCUT2D eigenvalue weighted by Gasteiger charge is 2.45. The Kier molecular flexibility index (Phi) is 7.10. The van der Waals surface area contributed by atoms with Crippen molar-refractivity contribution in [3.63, 3.8) is 0 Å². The van der Waals surface area contributed by atoms with Crippen LogP contribution in [0.1, 0.15) is 26.3 Å². The van der Waals surface area contributed by atoms with Crippen molar-refractivity contribution in [2.45, 2.75) is 39.3 Å². The van der Waals surface area contributed by atoms with Crippen molar-refractivity contribution in [2.24, 2.45) is 11.8 Å². The van der Waals surface area contributed by atoms with Gasteiger partial charge in [-0.05, 0) is 29.2 Å². The van der Waals surface area contributed by atoms with Gasteiger partial charge in [-0.3, -0.25) is 4.79 Å². The summed E-state index contributed by atoms with van der Waals surface area (Å²) in [4.78, 5) is 26.7. The number of methoxy groups -OCH3 is 1. The van der Waals surface area contributed by atoms with E-state index in [0.29, 0.717) is 16.9 Å². The molecule has 1 aliphatic carbocycles. The van der Waals surface area contributed by atoms with Crippen molar-refractivity contribution in [2.75, 3.05) is 13.7 Å². The van der Waals surface area contributed by atoms with Crippen LogP contribution in [0.4, 0.5) is 4.39 Å². The largest absolute Gasteiger partial charge is 0.500 e. The molecule has 8 heteroatoms. The molecule has 6 nitrogen and oxygen atoms in total. The second-order valence-electron chi connectivity index (χ2n) is 8.43. The van der Waals surface area contributed by atoms with Crippen LogP contribution in [0.3, 0.4) is 0 Å². The molecule has 3 rings (SSSR count). The van der Waals surface area contributed by atoms with E-state index in [2.05, 4.69) is 0 Å². The Hall–Kier alpha value is -2.64. The summed E-state index contributed by atoms with van der Waals surface area (Å²) in [6, 6.07) is 3.78. The summed E-state index contributed by atoms with van der Waals surface area (Å²) in [6.45, 7) is 5.50. The average molecular weight is 464 g/mol. The van der Waals surface area contributed by atoms with Crippen molar-refractivity contribution in [1.82, 2.24) is 4.90 Å². The maximum absolute atomic E-state index is 14.6. The Morgan fingerprint density at radius 1 is 1.34 bits per heavy atom. The first kappa shape index (κ1) is 24.0. The predicted octanol–water partition coefficient (Wildman–Crippen LogP) is 3.74. The number of nitrogens with zero attached hydrogens (tertiary/aromatic N) is 1. The molecular weight excluding hydrogens is 437 g/mol. The summed E-state index contributed by atoms with van der Waals surface area (Å²) in [5, 5.41) is 19.7. The molecule has 0 spiro atoms. The third kappa shape index (κ3) is 4.19. The molecule has 2 N–H and O–H groups in total. The number of rotatable bonds is 7. The summed E-state index contributed by atoms with van der Waals surface area (Å²) in [6.07, 6.45) is 3.06. The highest BCUT2D eigenvalue weighted by atomic mass is 35.5. The number of halogens is 2. The molecule has 0 saturated heterocycles. The minimum absolute atomic E-state index is 0.00445. The summed E-state index contributed by atoms with van der Waals surface area (Å²) in [7, 11) is 1.51. The molecule has 0 fully saturated rings. The Balaban J connectivity index is 2.15. The van der Waals surface area contributed by atoms with E-state index in [9.17, 15) is 24.2 Å². The lowest BCUT2D eigenvalue weighted by Crippen LogP contribution is -2.53. The fourth-order valence-electron chi connectivity index (χ4n) is 4.56. The zero-order chi connectivity index (χ0) is 23.7. The van der Waals surface area contributed by atoms with Gasteiger partial charge in [-0.25, -0.2) is 9.18 Å². The summed E-state index contributed by atoms with van der Waals surface area (Å²) < 4.78 is 20.2. The van der Waals surface area contributed by atoms with Gasteiger partial charge in [-0.1, -0.05) is 44.5 Å². The number of ether oxygens (including phenoxy) is 1. The molecule has 172 valence electrons. The SMILES string of the molecule is COC1=C(Cc2cccc(Cl)c2F)C=C2C(=O)C(C(=O)O)=CN([C@H](CO)C(C)C)C2C1C. The number of allylic oxidation sites excluding steroid dienone is 2. The maximum atomic E-state index is 14.6. The quantitative estimate of drug-likeness (QED) is 0.599. The van der Waals surface area contributed by atoms with Crippen molar-refractivity contribution >= 4 is 23.4 Å². The third-order valence-electron chi connectivity index (χ3n) is 6.16. The molecule has 1 aromatic rings. The second kappa shape index (κ2) is 9.46. The van der Waals surface area contributed by atoms with E-state index in [1.807, 2.05) is 20.8 Å². The molecule has 0 bridgehead atoms. The highest BCUT2D eigenvalue weighted by molar-refractivity contribution is 6.30. The van der Waals surface area contributed by atoms with Gasteiger partial charge in [0.25, 0.3) is 0 Å². The molecule has 3 atom stereocenters. The minimum Gasteiger partial charge on any atom is -0.500 e. The number of benzene rings is 1. The minimum atomic E-state index is -1.34. The smallest absolute Gasteiger partial charge is 0.341 e. The number of carbonyl (C=O) groups excluding carboxylic acids is 1. The molecular formula is C24H27ClFNO5. The maximum Gasteiger partial charge on any atom is 0.341 e. The normalized spacial score (nSPS) is 21.9. The first-order chi connectivity index (χ1) is 15.1. The van der Waals surface area contributed by atoms with E-state index in [0.717, 1.165) is 0 Å². The van der Waals surface area contributed by atoms with Crippen LogP contribution in [0, 0.1) is 17.7 Å². The van der Waals surface area contributed by atoms with Gasteiger partial charge in [0.05, 0.1) is 30.8 Å². The molecule has 32 heavy (non-hydrogen) atoms. The van der Waals surface area contributed by atoms with Crippen molar-refractivity contribution < 1.29 is 28.9 Å². The lowest BCUT2D eigenvalue weighted by atomic mass is 9.76. The van der Waals surface area contributed by atoms with Crippen LogP contribution in [0.15, 0.2) is 53.0 Å². The number of aliphatic hydroxyl groups is 1. The van der Waals surface area contributed by atoms with Crippen LogP contribution in [-0.2, 0) is 20.7 Å². The number of carboxylic acid groups (broad SMARTS) is 1. The number of hydrogen-bond donors (Lipinski definition) is 2. The van der Waals surface area contributed by atoms with E-state index >= 15 is 0 Å². The zero-order valence-corrected chi connectivity index (χ0v) is 19.2. The van der Waals surface area contributed by atoms with Crippen molar-refractivity contribution in [3.8, 4) is 0 Å². The molecule has 0 amide bonds. The third-order valence-corrected chi connectivity index (χ3v) is 6.45. The molecule has 0 radical (unpaired) electrons. The number of carboxylic acids is 1. The summed E-state index contributed by atoms with van der Waals surface area (Å²) in [5.41, 5.74) is 0.842. The van der Waals surface area contributed by atoms with Crippen LogP contribution >= 0.6 is 11.6 Å². The van der Waals surface area contributed by atoms with Crippen LogP contribution in [0.2, 0.25) is 5.02 Å². The van der Waals surface area contributed by atoms with Crippen LogP contribution in [0.25, 0.3) is 0 Å². The van der Waals surface area contributed by atoms with Gasteiger partial charge in [0.2, 0.25) is 0 Å². The molecule has 0 aromatic heterocycles. The van der Waals surface area contributed by atoms with E-state index in [-0.39, 0.29) is 41.0 Å². The monoisotopic (exact) mass is 463 g/mol. The van der Waals surface area contributed by atoms with E-state index in [1.54, 1.807) is 23.1 Å². The Bertz CT molecular complexity index is 1030. The topological polar surface area (TPSA) is 87.1 Å². The molecule has 2 unspecified atom stereocenters. The van der Waals surface area contributed by atoms with Crippen molar-refractivity contribution in [3.05, 3.63) is 69.4 Å². The molecule has 0 saturated carbocycles. The standard InChI is InChI=1S/C24H27ClFNO5/c1-12(2)19(11-28)27-10-17(24(30)31)22(29)16-9-15(23(32-4)13(3)21(16)27)8-14-6-5-7-18(25)20(14)26/h5-7,9-10,12-13,19,21,28H,8,11H2,1-4H3,(H,30,31)/t13?,19-,21?/m1/s1. The van der Waals surface area contributed by atoms with Gasteiger partial charge in [0.1, 0.15) is 17.1 Å². The number of fused-ring (bicyclic) bond motifs is 1. The molecule has 1 aromatic carbocycles. The van der Waals surface area contributed by atoms with Gasteiger partial charge < -0.3 is 19.8 Å². The predicted molar refractivity (Wildman–Crippen MR) is 118 cm³/mol. The van der Waals surface area contributed by atoms with Gasteiger partial charge in [-0.15, -0.1) is 0 Å². The summed E-state index contributed by atoms with van der Waals surface area (Å²) in [5.74, 6) is -2.26. The van der Waals surface area contributed by atoms with Gasteiger partial charge in [-0.2, -0.15) is 0 Å². The Morgan fingerprint density at radius 3 is 2.59 bits per heavy atom. The van der Waals surface area contributed by atoms with Gasteiger partial charge in [0.15, 0.2) is 5.78 Å². The average Bonchev–Trinajstić information content (AvgIpc) is 2.73. The van der Waals surface area contributed by atoms with Gasteiger partial charge in [0, 0.05) is 24.1 Å². The molecule has 1 aliphatic heterocycles. The second-order valence-corrected chi connectivity index (χ2v) is 8.84. The van der Waals surface area contributed by atoms with Crippen LogP contribution in [0.5, 0.6) is 0 Å². The number of aliphatic hydroxyl groups excluding tert-OH is 1. The Labute approximate surface area is 191 Å². The van der Waals surface area contributed by atoms with Crippen molar-refractivity contribution in [1.29, 1.82) is 0 Å². The zero-order valence-electron chi connectivity index (χ0n) is 18.4. The fraction of sp³-hybridized carbons (Fsp3) is 0.417. The van der Waals surface area contributed by atoms with E-state index < -0.39 is 29.7 Å². The molecule has 1 heterocycles. The number of aliphatic carboxylic acids is 1. The number of ketones is 1. The first-order valence-corrected chi connectivity index (χ1v) is 10.8. The van der Waals surface area contributed by atoms with Gasteiger partial charge >= 0.3 is 5.97 Å². The van der Waals surface area contributed by atoms with Crippen LogP contribution < -0.4 is 0 Å². The molecule has 2 aliphatic rings. The first-order valence-electron chi connectivity index (χ1n) is 10.4. The Morgan fingerprint density at radius 2 is 2.03 bits per heavy atom. The highest BCUT2D eigenvalue weighted by Crippen LogP contribution is 2.40. The van der Waals surface area contributed by atoms with Crippen LogP contribution in [-0.4, -0.2) is 52.7 Å². The lowest BCUT2D eigenvalue weighted by Gasteiger charge is -2.46. The summed E-state index contributed by atoms with van der Waals surface area (Å²) >= 11 is 5.92. The lowest BCUT2D eigenvalue weighted by molar-refractivity contribution is -0.134. The number of Topliss-reactive ketones (excluding diaryl/α,β-unsaturated/α-hetero) is 1. The van der Waals surface area contributed by atoms with E-state index in [1.165, 1.54) is 19.4 Å². The number of carbonyl (C=O) groups is 2. The van der Waals surface area contributed by atoms with E-state index in [4.69, 9.17) is 16.3 Å². The fourth-order valence-corrected chi connectivity index (χ4v) is 4.75.